The first-order chi connectivity index (χ1) is 8.20. The number of halogens is 1. The van der Waals surface area contributed by atoms with Gasteiger partial charge in [0.05, 0.1) is 0 Å². The van der Waals surface area contributed by atoms with Gasteiger partial charge in [-0.2, -0.15) is 0 Å². The lowest BCUT2D eigenvalue weighted by molar-refractivity contribution is 0.113. The lowest BCUT2D eigenvalue weighted by atomic mass is 9.93. The molecule has 0 bridgehead atoms. The Kier molecular flexibility index (Phi) is 4.60. The third kappa shape index (κ3) is 3.30. The number of rotatable bonds is 3. The van der Waals surface area contributed by atoms with Crippen LogP contribution in [0.5, 0.6) is 0 Å². The maximum Gasteiger partial charge on any atom is 0.0247 e. The van der Waals surface area contributed by atoms with Gasteiger partial charge < -0.3 is 5.73 Å². The molecule has 0 radical (unpaired) electrons. The second-order valence-corrected chi connectivity index (χ2v) is 5.90. The van der Waals surface area contributed by atoms with E-state index in [9.17, 15) is 0 Å². The summed E-state index contributed by atoms with van der Waals surface area (Å²) in [4.78, 5) is 2.56. The second-order valence-electron chi connectivity index (χ2n) is 5.05. The van der Waals surface area contributed by atoms with E-state index in [2.05, 4.69) is 52.0 Å². The third-order valence-corrected chi connectivity index (χ3v) is 4.55. The Labute approximate surface area is 112 Å². The third-order valence-electron chi connectivity index (χ3n) is 3.77. The summed E-state index contributed by atoms with van der Waals surface area (Å²) >= 11 is 3.62. The van der Waals surface area contributed by atoms with Gasteiger partial charge >= 0.3 is 0 Å². The van der Waals surface area contributed by atoms with Crippen molar-refractivity contribution in [1.82, 2.24) is 4.90 Å². The molecule has 0 spiro atoms. The number of nitrogens with two attached hydrogens (primary N) is 1. The summed E-state index contributed by atoms with van der Waals surface area (Å²) in [6.45, 7) is 5.31. The van der Waals surface area contributed by atoms with Gasteiger partial charge in [0.1, 0.15) is 0 Å². The van der Waals surface area contributed by atoms with Crippen LogP contribution in [0.15, 0.2) is 28.7 Å². The number of piperidine rings is 1. The molecule has 2 nitrogen and oxygen atoms in total. The van der Waals surface area contributed by atoms with Crippen LogP contribution in [-0.2, 0) is 6.54 Å². The SMILES string of the molecule is CC1CCC(CN)CN1Cc1ccccc1Br. The minimum atomic E-state index is 0.671. The maximum absolute atomic E-state index is 5.80. The Morgan fingerprint density at radius 3 is 2.82 bits per heavy atom. The molecule has 17 heavy (non-hydrogen) atoms. The quantitative estimate of drug-likeness (QED) is 0.929. The van der Waals surface area contributed by atoms with Gasteiger partial charge in [-0.1, -0.05) is 34.1 Å². The highest BCUT2D eigenvalue weighted by Crippen LogP contribution is 2.25. The predicted octanol–water partition coefficient (Wildman–Crippen LogP) is 3.01. The molecule has 2 N–H and O–H groups in total. The fourth-order valence-corrected chi connectivity index (χ4v) is 2.93. The highest BCUT2D eigenvalue weighted by atomic mass is 79.9. The van der Waals surface area contributed by atoms with E-state index in [-0.39, 0.29) is 0 Å². The van der Waals surface area contributed by atoms with Crippen LogP contribution in [0.3, 0.4) is 0 Å². The van der Waals surface area contributed by atoms with E-state index in [1.54, 1.807) is 0 Å². The van der Waals surface area contributed by atoms with Crippen LogP contribution >= 0.6 is 15.9 Å². The van der Waals surface area contributed by atoms with E-state index in [4.69, 9.17) is 5.73 Å². The molecular formula is C14H21BrN2. The topological polar surface area (TPSA) is 29.3 Å². The normalized spacial score (nSPS) is 26.1. The number of nitrogens with zero attached hydrogens (tertiary/aromatic N) is 1. The van der Waals surface area contributed by atoms with Gasteiger partial charge in [0, 0.05) is 23.6 Å². The first kappa shape index (κ1) is 13.1. The van der Waals surface area contributed by atoms with Gasteiger partial charge in [0.2, 0.25) is 0 Å². The van der Waals surface area contributed by atoms with E-state index in [1.165, 1.54) is 22.9 Å². The van der Waals surface area contributed by atoms with E-state index in [1.807, 2.05) is 0 Å². The molecule has 94 valence electrons. The molecule has 1 fully saturated rings. The van der Waals surface area contributed by atoms with Crippen molar-refractivity contribution in [3.8, 4) is 0 Å². The Morgan fingerprint density at radius 1 is 1.35 bits per heavy atom. The highest BCUT2D eigenvalue weighted by Gasteiger charge is 2.24. The first-order valence-corrected chi connectivity index (χ1v) is 7.17. The zero-order valence-electron chi connectivity index (χ0n) is 10.4. The highest BCUT2D eigenvalue weighted by molar-refractivity contribution is 9.10. The van der Waals surface area contributed by atoms with Crippen LogP contribution in [0.4, 0.5) is 0 Å². The summed E-state index contributed by atoms with van der Waals surface area (Å²) in [6.07, 6.45) is 2.55. The Morgan fingerprint density at radius 2 is 2.12 bits per heavy atom. The zero-order valence-corrected chi connectivity index (χ0v) is 12.0. The second kappa shape index (κ2) is 5.98. The van der Waals surface area contributed by atoms with E-state index >= 15 is 0 Å². The van der Waals surface area contributed by atoms with Crippen LogP contribution in [0.2, 0.25) is 0 Å². The molecule has 0 aromatic heterocycles. The number of hydrogen-bond acceptors (Lipinski definition) is 2. The van der Waals surface area contributed by atoms with Crippen molar-refractivity contribution in [1.29, 1.82) is 0 Å². The summed E-state index contributed by atoms with van der Waals surface area (Å²) < 4.78 is 1.21. The monoisotopic (exact) mass is 296 g/mol. The van der Waals surface area contributed by atoms with E-state index in [0.29, 0.717) is 12.0 Å². The van der Waals surface area contributed by atoms with Crippen molar-refractivity contribution >= 4 is 15.9 Å². The van der Waals surface area contributed by atoms with Gasteiger partial charge in [0.25, 0.3) is 0 Å². The zero-order chi connectivity index (χ0) is 12.3. The Bertz CT molecular complexity index is 367. The largest absolute Gasteiger partial charge is 0.330 e. The molecule has 0 aliphatic carbocycles. The van der Waals surface area contributed by atoms with Crippen LogP contribution in [0.1, 0.15) is 25.3 Å². The minimum Gasteiger partial charge on any atom is -0.330 e. The molecule has 0 saturated carbocycles. The van der Waals surface area contributed by atoms with Crippen molar-refractivity contribution in [2.75, 3.05) is 13.1 Å². The molecule has 1 heterocycles. The summed E-state index contributed by atoms with van der Waals surface area (Å²) in [5.41, 5.74) is 7.17. The molecule has 0 amide bonds. The van der Waals surface area contributed by atoms with Gasteiger partial charge in [-0.3, -0.25) is 4.90 Å². The van der Waals surface area contributed by atoms with Crippen molar-refractivity contribution in [3.05, 3.63) is 34.3 Å². The summed E-state index contributed by atoms with van der Waals surface area (Å²) in [6, 6.07) is 9.16. The number of likely N-dealkylation sites (tertiary alicyclic amines) is 1. The lowest BCUT2D eigenvalue weighted by Crippen LogP contribution is -2.43. The summed E-state index contributed by atoms with van der Waals surface area (Å²) in [5, 5.41) is 0. The van der Waals surface area contributed by atoms with Gasteiger partial charge in [-0.05, 0) is 43.9 Å². The molecule has 1 aliphatic rings. The van der Waals surface area contributed by atoms with Crippen LogP contribution in [-0.4, -0.2) is 24.0 Å². The van der Waals surface area contributed by atoms with Crippen molar-refractivity contribution in [3.63, 3.8) is 0 Å². The van der Waals surface area contributed by atoms with Crippen molar-refractivity contribution < 1.29 is 0 Å². The fraction of sp³-hybridized carbons (Fsp3) is 0.571. The van der Waals surface area contributed by atoms with Gasteiger partial charge in [-0.15, -0.1) is 0 Å². The van der Waals surface area contributed by atoms with E-state index in [0.717, 1.165) is 19.6 Å². The van der Waals surface area contributed by atoms with Crippen LogP contribution < -0.4 is 5.73 Å². The standard InChI is InChI=1S/C14H21BrN2/c1-11-6-7-12(8-16)9-17(11)10-13-4-2-3-5-14(13)15/h2-5,11-12H,6-10,16H2,1H3. The minimum absolute atomic E-state index is 0.671. The molecule has 2 rings (SSSR count). The van der Waals surface area contributed by atoms with Gasteiger partial charge in [0.15, 0.2) is 0 Å². The van der Waals surface area contributed by atoms with Gasteiger partial charge in [-0.25, -0.2) is 0 Å². The molecule has 3 heteroatoms. The summed E-state index contributed by atoms with van der Waals surface area (Å²) in [5.74, 6) is 0.675. The molecule has 2 unspecified atom stereocenters. The summed E-state index contributed by atoms with van der Waals surface area (Å²) in [7, 11) is 0. The fourth-order valence-electron chi connectivity index (χ4n) is 2.52. The Hall–Kier alpha value is -0.380. The number of hydrogen-bond donors (Lipinski definition) is 1. The Balaban J connectivity index is 2.04. The maximum atomic E-state index is 5.80. The van der Waals surface area contributed by atoms with Crippen molar-refractivity contribution in [2.45, 2.75) is 32.4 Å². The first-order valence-electron chi connectivity index (χ1n) is 6.38. The van der Waals surface area contributed by atoms with E-state index < -0.39 is 0 Å². The van der Waals surface area contributed by atoms with Crippen LogP contribution in [0, 0.1) is 5.92 Å². The molecule has 1 aliphatic heterocycles. The molecule has 1 aromatic carbocycles. The van der Waals surface area contributed by atoms with Crippen molar-refractivity contribution in [2.24, 2.45) is 11.7 Å². The molecule has 2 atom stereocenters. The molecular weight excluding hydrogens is 276 g/mol. The average molecular weight is 297 g/mol. The van der Waals surface area contributed by atoms with Crippen LogP contribution in [0.25, 0.3) is 0 Å². The molecule has 1 aromatic rings. The average Bonchev–Trinajstić information content (AvgIpc) is 2.35. The number of benzene rings is 1. The lowest BCUT2D eigenvalue weighted by Gasteiger charge is -2.37. The smallest absolute Gasteiger partial charge is 0.0247 e. The molecule has 1 saturated heterocycles. The predicted molar refractivity (Wildman–Crippen MR) is 75.8 cm³/mol.